The van der Waals surface area contributed by atoms with E-state index in [9.17, 15) is 24.6 Å². The number of hydrogen-bond donors (Lipinski definition) is 0. The molecule has 1 fully saturated rings. The molecule has 10 heteroatoms. The highest BCUT2D eigenvalue weighted by Crippen LogP contribution is 2.21. The number of hydrogen-bond acceptors (Lipinski definition) is 4. The van der Waals surface area contributed by atoms with E-state index in [0.717, 1.165) is 10.0 Å². The minimum Gasteiger partial charge on any atom is -0.379 e. The molecule has 2 atom stereocenters. The van der Waals surface area contributed by atoms with Crippen molar-refractivity contribution in [1.29, 1.82) is 0 Å². The lowest BCUT2D eigenvalue weighted by atomic mass is 10.2. The standard InChI is InChI=1S/C9H20N.F2NO4S2/c1-4-6-10(3)7-5-9(2)8-10;1-8(4,5)3-9(2,6)7/h9H,4-8H2,1-3H3;/q+1;-1. The number of halogens is 2. The summed E-state index contributed by atoms with van der Waals surface area (Å²) < 4.78 is 61.4. The van der Waals surface area contributed by atoms with Gasteiger partial charge in [-0.3, -0.25) is 0 Å². The third kappa shape index (κ3) is 10.2. The highest BCUT2D eigenvalue weighted by Gasteiger charge is 2.30. The second-order valence-electron chi connectivity index (χ2n) is 5.04. The Morgan fingerprint density at radius 2 is 1.68 bits per heavy atom. The van der Waals surface area contributed by atoms with Crippen molar-refractivity contribution in [2.75, 3.05) is 26.7 Å². The lowest BCUT2D eigenvalue weighted by Gasteiger charge is -2.28. The molecule has 0 saturated carbocycles. The van der Waals surface area contributed by atoms with E-state index in [1.54, 1.807) is 0 Å². The van der Waals surface area contributed by atoms with Crippen molar-refractivity contribution in [3.8, 4) is 0 Å². The van der Waals surface area contributed by atoms with Gasteiger partial charge in [-0.15, -0.1) is 7.77 Å². The van der Waals surface area contributed by atoms with Crippen LogP contribution in [-0.4, -0.2) is 48.0 Å². The van der Waals surface area contributed by atoms with E-state index >= 15 is 0 Å². The molecular weight excluding hydrogens is 302 g/mol. The molecule has 0 aromatic heterocycles. The average molecular weight is 322 g/mol. The second-order valence-corrected chi connectivity index (χ2v) is 7.29. The van der Waals surface area contributed by atoms with Crippen LogP contribution in [0.4, 0.5) is 7.77 Å². The second kappa shape index (κ2) is 6.91. The number of likely N-dealkylation sites (tertiary alicyclic amines) is 1. The lowest BCUT2D eigenvalue weighted by molar-refractivity contribution is -0.899. The normalized spacial score (nSPS) is 27.7. The Labute approximate surface area is 114 Å². The third-order valence-corrected chi connectivity index (χ3v) is 4.28. The molecule has 0 aliphatic carbocycles. The first-order valence-corrected chi connectivity index (χ1v) is 8.52. The third-order valence-electron chi connectivity index (χ3n) is 2.86. The van der Waals surface area contributed by atoms with Gasteiger partial charge in [0, 0.05) is 12.3 Å². The van der Waals surface area contributed by atoms with Gasteiger partial charge in [-0.25, -0.2) is 16.8 Å². The van der Waals surface area contributed by atoms with Crippen LogP contribution in [-0.2, 0) is 20.8 Å². The monoisotopic (exact) mass is 322 g/mol. The molecular formula is C9H20F2N2O4S2. The zero-order valence-corrected chi connectivity index (χ0v) is 12.8. The molecule has 0 aromatic rings. The van der Waals surface area contributed by atoms with Crippen LogP contribution >= 0.6 is 0 Å². The molecule has 1 aliphatic heterocycles. The predicted molar refractivity (Wildman–Crippen MR) is 68.3 cm³/mol. The van der Waals surface area contributed by atoms with Gasteiger partial charge in [0.05, 0.1) is 26.7 Å². The van der Waals surface area contributed by atoms with Gasteiger partial charge >= 0.3 is 0 Å². The first-order valence-electron chi connectivity index (χ1n) is 5.84. The first-order chi connectivity index (χ1) is 8.37. The summed E-state index contributed by atoms with van der Waals surface area (Å²) in [5, 5.41) is 0. The maximum Gasteiger partial charge on any atom is 0.241 e. The van der Waals surface area contributed by atoms with Gasteiger partial charge in [-0.2, -0.15) is 0 Å². The Kier molecular flexibility index (Phi) is 6.79. The van der Waals surface area contributed by atoms with Gasteiger partial charge in [-0.1, -0.05) is 13.8 Å². The summed E-state index contributed by atoms with van der Waals surface area (Å²) in [5.74, 6) is 0.969. The number of nitrogens with zero attached hydrogens (tertiary/aromatic N) is 2. The van der Waals surface area contributed by atoms with Crippen LogP contribution in [0.2, 0.25) is 0 Å². The van der Waals surface area contributed by atoms with Crippen molar-refractivity contribution >= 4 is 20.8 Å². The highest BCUT2D eigenvalue weighted by molar-refractivity contribution is 8.07. The molecule has 19 heavy (non-hydrogen) atoms. The van der Waals surface area contributed by atoms with Crippen LogP contribution in [0, 0.1) is 5.92 Å². The molecule has 0 spiro atoms. The molecule has 0 N–H and O–H groups in total. The van der Waals surface area contributed by atoms with Crippen LogP contribution in [0.5, 0.6) is 0 Å². The van der Waals surface area contributed by atoms with Crippen molar-refractivity contribution in [2.45, 2.75) is 26.7 Å². The summed E-state index contributed by atoms with van der Waals surface area (Å²) in [6.45, 7) is 8.86. The molecule has 1 rings (SSSR count). The number of quaternary nitrogens is 1. The van der Waals surface area contributed by atoms with Crippen molar-refractivity contribution < 1.29 is 29.1 Å². The molecule has 1 heterocycles. The van der Waals surface area contributed by atoms with Gasteiger partial charge in [0.2, 0.25) is 20.8 Å². The summed E-state index contributed by atoms with van der Waals surface area (Å²) >= 11 is 0. The van der Waals surface area contributed by atoms with Gasteiger partial charge in [-0.05, 0) is 6.42 Å². The van der Waals surface area contributed by atoms with E-state index < -0.39 is 20.8 Å². The molecule has 1 saturated heterocycles. The smallest absolute Gasteiger partial charge is 0.241 e. The molecule has 6 nitrogen and oxygen atoms in total. The van der Waals surface area contributed by atoms with Gasteiger partial charge < -0.3 is 8.61 Å². The zero-order valence-electron chi connectivity index (χ0n) is 11.2. The average Bonchev–Trinajstić information content (AvgIpc) is 2.40. The summed E-state index contributed by atoms with van der Waals surface area (Å²) in [7, 11) is -8.84. The van der Waals surface area contributed by atoms with Crippen LogP contribution in [0.25, 0.3) is 4.13 Å². The van der Waals surface area contributed by atoms with Crippen LogP contribution < -0.4 is 0 Å². The molecule has 116 valence electrons. The minimum absolute atomic E-state index is 0.969. The van der Waals surface area contributed by atoms with Gasteiger partial charge in [0.15, 0.2) is 0 Å². The van der Waals surface area contributed by atoms with E-state index in [1.165, 1.54) is 37.0 Å². The van der Waals surface area contributed by atoms with Crippen LogP contribution in [0.15, 0.2) is 0 Å². The van der Waals surface area contributed by atoms with Crippen molar-refractivity contribution in [3.05, 3.63) is 4.13 Å². The van der Waals surface area contributed by atoms with Crippen molar-refractivity contribution in [3.63, 3.8) is 0 Å². The van der Waals surface area contributed by atoms with Gasteiger partial charge in [0.25, 0.3) is 0 Å². The topological polar surface area (TPSA) is 82.4 Å². The quantitative estimate of drug-likeness (QED) is 0.582. The van der Waals surface area contributed by atoms with E-state index in [4.69, 9.17) is 0 Å². The summed E-state index contributed by atoms with van der Waals surface area (Å²) in [6, 6.07) is 0. The van der Waals surface area contributed by atoms with E-state index in [1.807, 2.05) is 0 Å². The SMILES string of the molecule is CCC[N+]1(C)CCC(C)C1.O=S(=O)(F)[N-]S(=O)(=O)F. The fraction of sp³-hybridized carbons (Fsp3) is 1.00. The van der Waals surface area contributed by atoms with Crippen LogP contribution in [0.1, 0.15) is 26.7 Å². The maximum absolute atomic E-state index is 11.1. The fourth-order valence-corrected chi connectivity index (χ4v) is 3.17. The molecule has 0 amide bonds. The number of rotatable bonds is 4. The van der Waals surface area contributed by atoms with E-state index in [2.05, 4.69) is 20.9 Å². The summed E-state index contributed by atoms with van der Waals surface area (Å²) in [6.07, 6.45) is 2.78. The molecule has 1 aliphatic rings. The Morgan fingerprint density at radius 3 is 1.89 bits per heavy atom. The fourth-order valence-electron chi connectivity index (χ4n) is 2.32. The Balaban J connectivity index is 0.000000344. The summed E-state index contributed by atoms with van der Waals surface area (Å²) in [5.41, 5.74) is 0. The zero-order chi connectivity index (χ0) is 15.3. The predicted octanol–water partition coefficient (Wildman–Crippen LogP) is 1.67. The Hall–Kier alpha value is -0.320. The lowest BCUT2D eigenvalue weighted by Crippen LogP contribution is -2.41. The maximum atomic E-state index is 11.1. The Morgan fingerprint density at radius 1 is 1.21 bits per heavy atom. The molecule has 0 radical (unpaired) electrons. The van der Waals surface area contributed by atoms with E-state index in [0.29, 0.717) is 0 Å². The minimum atomic E-state index is -5.62. The van der Waals surface area contributed by atoms with Crippen molar-refractivity contribution in [2.24, 2.45) is 5.92 Å². The summed E-state index contributed by atoms with van der Waals surface area (Å²) in [4.78, 5) is 0. The van der Waals surface area contributed by atoms with E-state index in [-0.39, 0.29) is 0 Å². The first kappa shape index (κ1) is 18.7. The van der Waals surface area contributed by atoms with Crippen LogP contribution in [0.3, 0.4) is 0 Å². The highest BCUT2D eigenvalue weighted by atomic mass is 32.3. The Bertz CT molecular complexity index is 446. The largest absolute Gasteiger partial charge is 0.379 e. The van der Waals surface area contributed by atoms with Crippen molar-refractivity contribution in [1.82, 2.24) is 0 Å². The molecule has 0 aromatic carbocycles. The molecule has 2 unspecified atom stereocenters. The van der Waals surface area contributed by atoms with Gasteiger partial charge in [0.1, 0.15) is 0 Å². The molecule has 0 bridgehead atoms.